The highest BCUT2D eigenvalue weighted by atomic mass is 16.5. The van der Waals surface area contributed by atoms with Crippen LogP contribution in [0.2, 0.25) is 0 Å². The average molecular weight is 312 g/mol. The van der Waals surface area contributed by atoms with E-state index in [-0.39, 0.29) is 0 Å². The quantitative estimate of drug-likeness (QED) is 0.235. The minimum Gasteiger partial charge on any atom is -0.394 e. The van der Waals surface area contributed by atoms with Crippen molar-refractivity contribution in [2.45, 2.75) is 48.8 Å². The first kappa shape index (κ1) is 18.4. The SMILES string of the molecule is O=C(C1O[C@H](CO)[C@H](O)[C@H](O)[C@H]1O)[C@H](O)[C@@H](O)[C@H](O)CO. The van der Waals surface area contributed by atoms with Crippen LogP contribution < -0.4 is 0 Å². The van der Waals surface area contributed by atoms with Crippen LogP contribution in [0.3, 0.4) is 0 Å². The van der Waals surface area contributed by atoms with E-state index in [9.17, 15) is 30.3 Å². The van der Waals surface area contributed by atoms with Crippen LogP contribution in [0.1, 0.15) is 0 Å². The largest absolute Gasteiger partial charge is 0.394 e. The molecule has 1 heterocycles. The number of ether oxygens (including phenoxy) is 1. The number of carbonyl (C=O) groups excluding carboxylic acids is 1. The summed E-state index contributed by atoms with van der Waals surface area (Å²) in [7, 11) is 0. The Morgan fingerprint density at radius 3 is 2.05 bits per heavy atom. The number of rotatable bonds is 6. The minimum atomic E-state index is -2.20. The average Bonchev–Trinajstić information content (AvgIpc) is 2.50. The summed E-state index contributed by atoms with van der Waals surface area (Å²) in [4.78, 5) is 11.9. The summed E-state index contributed by atoms with van der Waals surface area (Å²) >= 11 is 0. The monoisotopic (exact) mass is 312 g/mol. The minimum absolute atomic E-state index is 0.757. The first-order valence-electron chi connectivity index (χ1n) is 6.25. The fourth-order valence-corrected chi connectivity index (χ4v) is 1.99. The van der Waals surface area contributed by atoms with E-state index in [0.29, 0.717) is 0 Å². The van der Waals surface area contributed by atoms with Gasteiger partial charge in [0, 0.05) is 0 Å². The second-order valence-corrected chi connectivity index (χ2v) is 4.84. The Hall–Kier alpha value is -0.690. The molecule has 124 valence electrons. The third-order valence-electron chi connectivity index (χ3n) is 3.37. The molecule has 0 spiro atoms. The highest BCUT2D eigenvalue weighted by Crippen LogP contribution is 2.23. The molecule has 10 nitrogen and oxygen atoms in total. The van der Waals surface area contributed by atoms with E-state index in [1.807, 2.05) is 0 Å². The molecule has 8 N–H and O–H groups in total. The van der Waals surface area contributed by atoms with Gasteiger partial charge in [0.25, 0.3) is 0 Å². The maximum absolute atomic E-state index is 11.9. The molecule has 1 aliphatic heterocycles. The van der Waals surface area contributed by atoms with Gasteiger partial charge in [0.1, 0.15) is 48.8 Å². The normalized spacial score (nSPS) is 37.8. The Bertz CT molecular complexity index is 348. The van der Waals surface area contributed by atoms with Crippen LogP contribution in [0, 0.1) is 0 Å². The molecular weight excluding hydrogens is 292 g/mol. The summed E-state index contributed by atoms with van der Waals surface area (Å²) in [5, 5.41) is 74.5. The van der Waals surface area contributed by atoms with Gasteiger partial charge in [-0.15, -0.1) is 0 Å². The van der Waals surface area contributed by atoms with Gasteiger partial charge in [-0.1, -0.05) is 0 Å². The molecule has 10 heteroatoms. The summed E-state index contributed by atoms with van der Waals surface area (Å²) in [6.07, 6.45) is -14.6. The van der Waals surface area contributed by atoms with Gasteiger partial charge in [0.05, 0.1) is 13.2 Å². The number of Topliss-reactive ketones (excluding diaryl/α,β-unsaturated/α-hetero) is 1. The van der Waals surface area contributed by atoms with E-state index in [1.54, 1.807) is 0 Å². The van der Waals surface area contributed by atoms with Gasteiger partial charge in [-0.3, -0.25) is 4.79 Å². The van der Waals surface area contributed by atoms with Crippen LogP contribution in [0.5, 0.6) is 0 Å². The van der Waals surface area contributed by atoms with Gasteiger partial charge < -0.3 is 45.6 Å². The molecule has 0 aromatic rings. The van der Waals surface area contributed by atoms with Crippen molar-refractivity contribution in [2.75, 3.05) is 13.2 Å². The van der Waals surface area contributed by atoms with Crippen molar-refractivity contribution in [3.8, 4) is 0 Å². The van der Waals surface area contributed by atoms with Crippen molar-refractivity contribution >= 4 is 5.78 Å². The van der Waals surface area contributed by atoms with Crippen molar-refractivity contribution in [3.05, 3.63) is 0 Å². The summed E-state index contributed by atoms with van der Waals surface area (Å²) in [6.45, 7) is -1.67. The predicted octanol–water partition coefficient (Wildman–Crippen LogP) is -5.53. The topological polar surface area (TPSA) is 188 Å². The molecule has 8 atom stereocenters. The molecule has 0 amide bonds. The zero-order valence-corrected chi connectivity index (χ0v) is 10.9. The third-order valence-corrected chi connectivity index (χ3v) is 3.37. The zero-order chi connectivity index (χ0) is 16.3. The lowest BCUT2D eigenvalue weighted by Gasteiger charge is -2.40. The van der Waals surface area contributed by atoms with Crippen molar-refractivity contribution in [2.24, 2.45) is 0 Å². The molecule has 0 bridgehead atoms. The number of ketones is 1. The Kier molecular flexibility index (Phi) is 6.59. The lowest BCUT2D eigenvalue weighted by Crippen LogP contribution is -2.63. The van der Waals surface area contributed by atoms with E-state index in [4.69, 9.17) is 20.1 Å². The number of aliphatic hydroxyl groups is 8. The maximum atomic E-state index is 11.9. The van der Waals surface area contributed by atoms with E-state index in [0.717, 1.165) is 0 Å². The summed E-state index contributed by atoms with van der Waals surface area (Å²) in [6, 6.07) is 0. The van der Waals surface area contributed by atoms with Gasteiger partial charge in [-0.25, -0.2) is 0 Å². The first-order valence-corrected chi connectivity index (χ1v) is 6.25. The van der Waals surface area contributed by atoms with Crippen molar-refractivity contribution < 1.29 is 50.4 Å². The van der Waals surface area contributed by atoms with Crippen molar-refractivity contribution in [3.63, 3.8) is 0 Å². The van der Waals surface area contributed by atoms with Crippen LogP contribution in [0.15, 0.2) is 0 Å². The molecule has 1 fully saturated rings. The molecule has 1 aliphatic rings. The van der Waals surface area contributed by atoms with E-state index >= 15 is 0 Å². The van der Waals surface area contributed by atoms with Crippen LogP contribution in [-0.4, -0.2) is 109 Å². The number of carbonyl (C=O) groups is 1. The first-order chi connectivity index (χ1) is 9.76. The van der Waals surface area contributed by atoms with E-state index in [1.165, 1.54) is 0 Å². The summed E-state index contributed by atoms with van der Waals surface area (Å²) in [5.41, 5.74) is 0. The Morgan fingerprint density at radius 1 is 1.00 bits per heavy atom. The molecular formula is C11H20O10. The molecule has 0 saturated carbocycles. The molecule has 0 radical (unpaired) electrons. The Morgan fingerprint density at radius 2 is 1.57 bits per heavy atom. The smallest absolute Gasteiger partial charge is 0.195 e. The lowest BCUT2D eigenvalue weighted by molar-refractivity contribution is -0.230. The standard InChI is InChI=1S/C11H20O10/c12-1-3(14)5(15)7(17)9(19)11-10(20)8(18)6(16)4(2-13)21-11/h3-8,10-18,20H,1-2H2/t3-,4-,5+,6+,7-,8+,10-,11?/m1/s1. The molecule has 21 heavy (non-hydrogen) atoms. The molecule has 0 aromatic heterocycles. The van der Waals surface area contributed by atoms with E-state index < -0.39 is 67.8 Å². The van der Waals surface area contributed by atoms with Gasteiger partial charge in [-0.05, 0) is 0 Å². The van der Waals surface area contributed by atoms with E-state index in [2.05, 4.69) is 0 Å². The highest BCUT2D eigenvalue weighted by molar-refractivity contribution is 5.88. The van der Waals surface area contributed by atoms with Crippen LogP contribution in [-0.2, 0) is 9.53 Å². The Balaban J connectivity index is 2.85. The fraction of sp³-hybridized carbons (Fsp3) is 0.909. The molecule has 1 saturated heterocycles. The maximum Gasteiger partial charge on any atom is 0.195 e. The zero-order valence-electron chi connectivity index (χ0n) is 10.9. The molecule has 0 aliphatic carbocycles. The fourth-order valence-electron chi connectivity index (χ4n) is 1.99. The summed E-state index contributed by atoms with van der Waals surface area (Å²) in [5.74, 6) is -1.27. The predicted molar refractivity (Wildman–Crippen MR) is 63.9 cm³/mol. The van der Waals surface area contributed by atoms with Crippen molar-refractivity contribution in [1.82, 2.24) is 0 Å². The van der Waals surface area contributed by atoms with Gasteiger partial charge >= 0.3 is 0 Å². The van der Waals surface area contributed by atoms with Crippen LogP contribution in [0.4, 0.5) is 0 Å². The van der Waals surface area contributed by atoms with Crippen molar-refractivity contribution in [1.29, 1.82) is 0 Å². The molecule has 1 rings (SSSR count). The molecule has 0 aromatic carbocycles. The number of aliphatic hydroxyl groups excluding tert-OH is 8. The van der Waals surface area contributed by atoms with Crippen LogP contribution in [0.25, 0.3) is 0 Å². The second kappa shape index (κ2) is 7.54. The highest BCUT2D eigenvalue weighted by Gasteiger charge is 2.48. The van der Waals surface area contributed by atoms with Crippen LogP contribution >= 0.6 is 0 Å². The summed E-state index contributed by atoms with van der Waals surface area (Å²) < 4.78 is 4.90. The van der Waals surface area contributed by atoms with Gasteiger partial charge in [-0.2, -0.15) is 0 Å². The number of hydrogen-bond acceptors (Lipinski definition) is 10. The molecule has 1 unspecified atom stereocenters. The number of hydrogen-bond donors (Lipinski definition) is 8. The third kappa shape index (κ3) is 3.74. The Labute approximate surface area is 119 Å². The lowest BCUT2D eigenvalue weighted by atomic mass is 9.90. The second-order valence-electron chi connectivity index (χ2n) is 4.84. The van der Waals surface area contributed by atoms with Gasteiger partial charge in [0.15, 0.2) is 5.78 Å². The van der Waals surface area contributed by atoms with Gasteiger partial charge in [0.2, 0.25) is 0 Å².